The van der Waals surface area contributed by atoms with Gasteiger partial charge in [0.15, 0.2) is 29.6 Å². The molecule has 3 aliphatic heterocycles. The minimum absolute atomic E-state index is 0.0497. The number of phosphoric acid groups is 1. The molecule has 23 heteroatoms. The Bertz CT molecular complexity index is 1840. The molecule has 7 heterocycles. The number of pyridine rings is 1. The van der Waals surface area contributed by atoms with Crippen LogP contribution in [0.2, 0.25) is 0 Å². The minimum atomic E-state index is -5.03. The topological polar surface area (TPSA) is 297 Å². The number of aliphatic hydroxyl groups is 2. The van der Waals surface area contributed by atoms with E-state index < -0.39 is 84.1 Å². The van der Waals surface area contributed by atoms with Crippen LogP contribution in [0.3, 0.4) is 0 Å². The van der Waals surface area contributed by atoms with Crippen molar-refractivity contribution in [3.8, 4) is 0 Å². The highest BCUT2D eigenvalue weighted by Gasteiger charge is 2.53. The molecule has 8 N–H and O–H groups in total. The van der Waals surface area contributed by atoms with E-state index in [2.05, 4.69) is 24.9 Å². The van der Waals surface area contributed by atoms with Gasteiger partial charge in [0.2, 0.25) is 0 Å². The summed E-state index contributed by atoms with van der Waals surface area (Å²) >= 11 is 0. The van der Waals surface area contributed by atoms with Gasteiger partial charge < -0.3 is 45.7 Å². The van der Waals surface area contributed by atoms with E-state index in [9.17, 15) is 29.1 Å². The molecule has 3 aliphatic rings. The Kier molecular flexibility index (Phi) is 7.63. The average Bonchev–Trinajstić information content (AvgIpc) is 3.74. The molecule has 0 saturated carbocycles. The van der Waals surface area contributed by atoms with E-state index in [-0.39, 0.29) is 22.6 Å². The highest BCUT2D eigenvalue weighted by atomic mass is 31.2. The lowest BCUT2D eigenvalue weighted by molar-refractivity contribution is -0.0641. The van der Waals surface area contributed by atoms with Crippen LogP contribution in [-0.4, -0.2) is 110 Å². The molecule has 45 heavy (non-hydrogen) atoms. The van der Waals surface area contributed by atoms with E-state index in [1.165, 1.54) is 40.4 Å². The Morgan fingerprint density at radius 1 is 0.822 bits per heavy atom. The number of imidazole rings is 2. The summed E-state index contributed by atoms with van der Waals surface area (Å²) in [5.74, 6) is 0.0497. The maximum absolute atomic E-state index is 13.2. The Hall–Kier alpha value is -3.17. The molecule has 0 aliphatic carbocycles. The first-order chi connectivity index (χ1) is 21.4. The molecule has 0 spiro atoms. The molecule has 10 atom stereocenters. The minimum Gasteiger partial charge on any atom is -0.397 e. The predicted molar refractivity (Wildman–Crippen MR) is 148 cm³/mol. The van der Waals surface area contributed by atoms with Crippen molar-refractivity contribution in [3.05, 3.63) is 31.2 Å². The molecule has 4 unspecified atom stereocenters. The molecule has 3 saturated heterocycles. The van der Waals surface area contributed by atoms with Crippen LogP contribution in [0.5, 0.6) is 0 Å². The fourth-order valence-corrected chi connectivity index (χ4v) is 7.38. The fraction of sp³-hybridized carbons (Fsp3) is 0.500. The summed E-state index contributed by atoms with van der Waals surface area (Å²) < 4.78 is 62.3. The van der Waals surface area contributed by atoms with Gasteiger partial charge in [-0.2, -0.15) is 0 Å². The van der Waals surface area contributed by atoms with E-state index in [0.29, 0.717) is 11.2 Å². The van der Waals surface area contributed by atoms with Gasteiger partial charge in [-0.05, 0) is 6.07 Å². The molecule has 0 aromatic carbocycles. The number of phosphoric ester groups is 1. The number of nitrogens with two attached hydrogens (primary N) is 2. The van der Waals surface area contributed by atoms with Gasteiger partial charge in [0.1, 0.15) is 60.3 Å². The molecule has 242 valence electrons. The van der Waals surface area contributed by atoms with Crippen molar-refractivity contribution < 1.29 is 56.9 Å². The zero-order chi connectivity index (χ0) is 31.7. The number of anilines is 2. The fourth-order valence-electron chi connectivity index (χ4n) is 5.44. The van der Waals surface area contributed by atoms with Crippen molar-refractivity contribution in [1.82, 2.24) is 34.1 Å². The van der Waals surface area contributed by atoms with Crippen LogP contribution in [0.4, 0.5) is 11.5 Å². The highest BCUT2D eigenvalue weighted by molar-refractivity contribution is 7.52. The maximum Gasteiger partial charge on any atom is 0.472 e. The highest BCUT2D eigenvalue weighted by Crippen LogP contribution is 2.52. The third kappa shape index (κ3) is 5.50. The molecular formula is C22H27N9O12P2. The molecule has 4 aromatic rings. The van der Waals surface area contributed by atoms with Crippen LogP contribution in [0.25, 0.3) is 22.3 Å². The number of nitrogens with zero attached hydrogens (tertiary/aromatic N) is 7. The number of ether oxygens (including phenoxy) is 3. The number of fused-ring (bicyclic) bond motifs is 6. The third-order valence-electron chi connectivity index (χ3n) is 7.53. The van der Waals surface area contributed by atoms with Crippen LogP contribution < -0.4 is 11.5 Å². The number of rotatable bonds is 2. The van der Waals surface area contributed by atoms with Crippen molar-refractivity contribution in [2.45, 2.75) is 49.1 Å². The normalized spacial score (nSPS) is 38.0. The van der Waals surface area contributed by atoms with Gasteiger partial charge in [0.05, 0.1) is 31.6 Å². The lowest BCUT2D eigenvalue weighted by atomic mass is 10.1. The monoisotopic (exact) mass is 671 g/mol. The second kappa shape index (κ2) is 11.3. The molecule has 21 nitrogen and oxygen atoms in total. The molecular weight excluding hydrogens is 644 g/mol. The smallest absolute Gasteiger partial charge is 0.397 e. The van der Waals surface area contributed by atoms with Gasteiger partial charge >= 0.3 is 15.4 Å². The van der Waals surface area contributed by atoms with Gasteiger partial charge in [-0.25, -0.2) is 29.5 Å². The predicted octanol–water partition coefficient (Wildman–Crippen LogP) is -0.987. The molecule has 0 radical (unpaired) electrons. The van der Waals surface area contributed by atoms with E-state index in [1.54, 1.807) is 0 Å². The van der Waals surface area contributed by atoms with Crippen molar-refractivity contribution in [2.75, 3.05) is 31.0 Å². The Balaban J connectivity index is 1.21. The van der Waals surface area contributed by atoms with Crippen LogP contribution in [0.1, 0.15) is 12.5 Å². The van der Waals surface area contributed by atoms with Gasteiger partial charge in [-0.1, -0.05) is 0 Å². The molecule has 4 bridgehead atoms. The Labute approximate surface area is 251 Å². The number of hydrogen-bond donors (Lipinski definition) is 6. The molecule has 7 rings (SSSR count). The van der Waals surface area contributed by atoms with Crippen molar-refractivity contribution >= 4 is 49.3 Å². The van der Waals surface area contributed by atoms with E-state index in [4.69, 9.17) is 39.2 Å². The van der Waals surface area contributed by atoms with E-state index >= 15 is 0 Å². The summed E-state index contributed by atoms with van der Waals surface area (Å²) in [5, 5.41) is 22.2. The molecule has 0 amide bonds. The van der Waals surface area contributed by atoms with Crippen molar-refractivity contribution in [3.63, 3.8) is 0 Å². The van der Waals surface area contributed by atoms with E-state index in [1.807, 2.05) is 0 Å². The zero-order valence-corrected chi connectivity index (χ0v) is 24.7. The van der Waals surface area contributed by atoms with Gasteiger partial charge in [-0.15, -0.1) is 0 Å². The van der Waals surface area contributed by atoms with Crippen LogP contribution in [0, 0.1) is 0 Å². The largest absolute Gasteiger partial charge is 0.472 e. The number of aliphatic hydroxyl groups excluding tert-OH is 2. The summed E-state index contributed by atoms with van der Waals surface area (Å²) in [6, 6.07) is 1.52. The lowest BCUT2D eigenvalue weighted by Gasteiger charge is -2.25. The summed E-state index contributed by atoms with van der Waals surface area (Å²) in [6.07, 6.45) is -7.42. The third-order valence-corrected chi connectivity index (χ3v) is 9.60. The van der Waals surface area contributed by atoms with Gasteiger partial charge in [0, 0.05) is 6.20 Å². The number of hydrogen-bond acceptors (Lipinski definition) is 17. The molecule has 4 aromatic heterocycles. The van der Waals surface area contributed by atoms with Crippen molar-refractivity contribution in [1.29, 1.82) is 0 Å². The standard InChI is InChI=1S/C22H27N9O12P2/c23-9-1-2-25-19-12(9)28-6-30(19)21-16-15(33)11(41-21)4-39-45(36,37)43-17-14(32)10(3-38-8-44(34,35)42-16)40-22(17)31-7-29-13-18(24)26-5-27-20(13)31/h1-2,5-7,10-11,14-17,21-22,32-33H,3-4,8H2,(H2,23,25)(H,34,35)(H,36,37)(H2,24,26,27)/t10-,11-,14?,15?,16+,17+,21-,22-/m1/s1. The lowest BCUT2D eigenvalue weighted by Crippen LogP contribution is -2.36. The van der Waals surface area contributed by atoms with Crippen LogP contribution in [-0.2, 0) is 36.9 Å². The van der Waals surface area contributed by atoms with Gasteiger partial charge in [0.25, 0.3) is 0 Å². The Morgan fingerprint density at radius 3 is 2.16 bits per heavy atom. The SMILES string of the molecule is Nc1ccnc2c1ncn2[C@@H]1O[C@@H]2COP(=O)(O)O[C@H]3C(O)[C@@H](COCP(=O)(O)O[C@H]1C2O)O[C@H]3n1cnc2c(N)ncnc21. The van der Waals surface area contributed by atoms with Crippen molar-refractivity contribution in [2.24, 2.45) is 0 Å². The summed E-state index contributed by atoms with van der Waals surface area (Å²) in [5.41, 5.74) is 13.0. The number of nitrogen functional groups attached to an aromatic ring is 2. The molecule has 3 fully saturated rings. The maximum atomic E-state index is 13.2. The van der Waals surface area contributed by atoms with Gasteiger partial charge in [-0.3, -0.25) is 27.3 Å². The second-order valence-electron chi connectivity index (χ2n) is 10.5. The summed E-state index contributed by atoms with van der Waals surface area (Å²) in [7, 11) is -9.67. The average molecular weight is 671 g/mol. The summed E-state index contributed by atoms with van der Waals surface area (Å²) in [6.45, 7) is -1.24. The summed E-state index contributed by atoms with van der Waals surface area (Å²) in [4.78, 5) is 42.0. The zero-order valence-electron chi connectivity index (χ0n) is 22.9. The van der Waals surface area contributed by atoms with E-state index in [0.717, 1.165) is 0 Å². The first-order valence-corrected chi connectivity index (χ1v) is 16.6. The number of aromatic nitrogens is 7. The quantitative estimate of drug-likeness (QED) is 0.139. The first-order valence-electron chi connectivity index (χ1n) is 13.3. The van der Waals surface area contributed by atoms with Crippen LogP contribution in [0.15, 0.2) is 31.2 Å². The second-order valence-corrected chi connectivity index (χ2v) is 13.6. The van der Waals surface area contributed by atoms with Crippen LogP contribution >= 0.6 is 15.4 Å². The Morgan fingerprint density at radius 2 is 1.44 bits per heavy atom. The first kappa shape index (κ1) is 30.5.